The van der Waals surface area contributed by atoms with Gasteiger partial charge in [-0.05, 0) is 31.4 Å². The second kappa shape index (κ2) is 6.69. The van der Waals surface area contributed by atoms with Crippen molar-refractivity contribution >= 4 is 27.5 Å². The number of nitrogens with zero attached hydrogens (tertiary/aromatic N) is 1. The van der Waals surface area contributed by atoms with Crippen molar-refractivity contribution in [2.45, 2.75) is 38.7 Å². The third kappa shape index (κ3) is 3.65. The van der Waals surface area contributed by atoms with Crippen molar-refractivity contribution in [3.05, 3.63) is 35.2 Å². The van der Waals surface area contributed by atoms with E-state index in [1.807, 2.05) is 18.6 Å². The van der Waals surface area contributed by atoms with E-state index in [2.05, 4.69) is 10.5 Å². The van der Waals surface area contributed by atoms with Crippen molar-refractivity contribution in [1.82, 2.24) is 9.88 Å². The molecule has 1 aromatic heterocycles. The van der Waals surface area contributed by atoms with Crippen LogP contribution in [0.5, 0.6) is 5.75 Å². The molecule has 1 aliphatic heterocycles. The molecule has 0 spiro atoms. The summed E-state index contributed by atoms with van der Waals surface area (Å²) in [4.78, 5) is 24.1. The molecule has 0 fully saturated rings. The van der Waals surface area contributed by atoms with E-state index in [9.17, 15) is 18.0 Å². The zero-order valence-corrected chi connectivity index (χ0v) is 16.0. The fourth-order valence-electron chi connectivity index (χ4n) is 2.69. The van der Waals surface area contributed by atoms with Gasteiger partial charge in [0.25, 0.3) is 15.9 Å². The predicted molar refractivity (Wildman–Crippen MR) is 95.0 cm³/mol. The molecule has 2 heterocycles. The summed E-state index contributed by atoms with van der Waals surface area (Å²) in [5.41, 5.74) is 1.17. The molecule has 10 heteroatoms. The number of ether oxygens (including phenoxy) is 1. The Morgan fingerprint density at radius 2 is 1.96 bits per heavy atom. The minimum Gasteiger partial charge on any atom is -0.478 e. The van der Waals surface area contributed by atoms with Crippen molar-refractivity contribution in [3.8, 4) is 5.75 Å². The third-order valence-corrected chi connectivity index (χ3v) is 5.49. The molecule has 0 aliphatic carbocycles. The van der Waals surface area contributed by atoms with Gasteiger partial charge < -0.3 is 14.6 Å². The quantitative estimate of drug-likeness (QED) is 0.810. The molecule has 1 atom stereocenters. The fourth-order valence-corrected chi connectivity index (χ4v) is 3.88. The highest BCUT2D eigenvalue weighted by molar-refractivity contribution is 7.90. The Kier molecular flexibility index (Phi) is 4.68. The van der Waals surface area contributed by atoms with Crippen molar-refractivity contribution in [1.29, 1.82) is 0 Å². The summed E-state index contributed by atoms with van der Waals surface area (Å²) >= 11 is 0. The minimum absolute atomic E-state index is 0.103. The van der Waals surface area contributed by atoms with Gasteiger partial charge in [0.05, 0.1) is 16.3 Å². The number of amides is 2. The fraction of sp³-hybridized carbons (Fsp3) is 0.353. The number of benzene rings is 1. The van der Waals surface area contributed by atoms with E-state index in [0.29, 0.717) is 16.9 Å². The van der Waals surface area contributed by atoms with Crippen molar-refractivity contribution in [2.24, 2.45) is 5.92 Å². The molecular weight excluding hydrogens is 374 g/mol. The summed E-state index contributed by atoms with van der Waals surface area (Å²) in [7, 11) is -4.19. The molecule has 0 unspecified atom stereocenters. The Morgan fingerprint density at radius 3 is 2.56 bits per heavy atom. The van der Waals surface area contributed by atoms with E-state index in [0.717, 1.165) is 0 Å². The molecule has 0 saturated heterocycles. The maximum Gasteiger partial charge on any atom is 0.303 e. The van der Waals surface area contributed by atoms with Crippen molar-refractivity contribution < 1.29 is 27.3 Å². The number of nitrogens with one attached hydrogen (secondary N) is 2. The Morgan fingerprint density at radius 1 is 1.26 bits per heavy atom. The van der Waals surface area contributed by atoms with Crippen molar-refractivity contribution in [3.63, 3.8) is 0 Å². The van der Waals surface area contributed by atoms with Crippen LogP contribution in [-0.2, 0) is 14.8 Å². The molecule has 27 heavy (non-hydrogen) atoms. The molecule has 0 bridgehead atoms. The first-order chi connectivity index (χ1) is 12.6. The molecule has 3 rings (SSSR count). The summed E-state index contributed by atoms with van der Waals surface area (Å²) in [5, 5.41) is 6.27. The normalized spacial score (nSPS) is 16.5. The lowest BCUT2D eigenvalue weighted by Gasteiger charge is -2.29. The largest absolute Gasteiger partial charge is 0.478 e. The number of anilines is 1. The lowest BCUT2D eigenvalue weighted by atomic mass is 10.0. The number of sulfonamides is 1. The summed E-state index contributed by atoms with van der Waals surface area (Å²) in [6.07, 6.45) is -0.734. The first-order valence-electron chi connectivity index (χ1n) is 8.21. The van der Waals surface area contributed by atoms with Crippen LogP contribution in [0.4, 0.5) is 5.69 Å². The summed E-state index contributed by atoms with van der Waals surface area (Å²) in [5.74, 6) is -1.31. The van der Waals surface area contributed by atoms with Gasteiger partial charge in [0.15, 0.2) is 6.10 Å². The van der Waals surface area contributed by atoms with E-state index in [1.54, 1.807) is 13.8 Å². The second-order valence-electron chi connectivity index (χ2n) is 6.65. The van der Waals surface area contributed by atoms with E-state index in [1.165, 1.54) is 18.2 Å². The van der Waals surface area contributed by atoms with Crippen LogP contribution in [0.2, 0.25) is 0 Å². The zero-order chi connectivity index (χ0) is 19.9. The van der Waals surface area contributed by atoms with Crippen LogP contribution in [0.1, 0.15) is 35.7 Å². The van der Waals surface area contributed by atoms with Gasteiger partial charge in [-0.15, -0.1) is 0 Å². The van der Waals surface area contributed by atoms with E-state index in [-0.39, 0.29) is 28.2 Å². The molecule has 2 N–H and O–H groups in total. The minimum atomic E-state index is -4.19. The molecule has 9 nitrogen and oxygen atoms in total. The van der Waals surface area contributed by atoms with Gasteiger partial charge in [-0.3, -0.25) is 9.59 Å². The molecule has 1 aliphatic rings. The highest BCUT2D eigenvalue weighted by Gasteiger charge is 2.32. The van der Waals surface area contributed by atoms with Gasteiger partial charge in [0.1, 0.15) is 5.75 Å². The van der Waals surface area contributed by atoms with Gasteiger partial charge in [0.2, 0.25) is 5.76 Å². The highest BCUT2D eigenvalue weighted by Crippen LogP contribution is 2.35. The second-order valence-corrected chi connectivity index (χ2v) is 8.30. The van der Waals surface area contributed by atoms with Gasteiger partial charge in [-0.2, -0.15) is 0 Å². The Labute approximate surface area is 156 Å². The molecule has 0 radical (unpaired) electrons. The molecule has 2 amide bonds. The monoisotopic (exact) mass is 393 g/mol. The summed E-state index contributed by atoms with van der Waals surface area (Å²) in [6, 6.07) is 4.11. The number of carbonyl (C=O) groups is 2. The van der Waals surface area contributed by atoms with Crippen LogP contribution < -0.4 is 14.8 Å². The maximum absolute atomic E-state index is 12.7. The van der Waals surface area contributed by atoms with Crippen LogP contribution in [0.25, 0.3) is 0 Å². The maximum atomic E-state index is 12.7. The number of aryl methyl sites for hydroxylation is 2. The topological polar surface area (TPSA) is 128 Å². The van der Waals surface area contributed by atoms with E-state index < -0.39 is 22.0 Å². The Balaban J connectivity index is 1.93. The number of hydrogen-bond acceptors (Lipinski definition) is 7. The number of aromatic nitrogens is 1. The molecule has 2 aromatic rings. The average Bonchev–Trinajstić information content (AvgIpc) is 2.99. The smallest absolute Gasteiger partial charge is 0.303 e. The molecule has 144 valence electrons. The predicted octanol–water partition coefficient (Wildman–Crippen LogP) is 1.77. The van der Waals surface area contributed by atoms with Crippen LogP contribution in [0, 0.1) is 19.8 Å². The van der Waals surface area contributed by atoms with Gasteiger partial charge in [0, 0.05) is 12.1 Å². The Bertz CT molecular complexity index is 1030. The lowest BCUT2D eigenvalue weighted by molar-refractivity contribution is -0.125. The molecule has 0 saturated carbocycles. The standard InChI is InChI=1S/C17H19N3O6S/c1-8(2)15-17(22)18-11-5-9(3)14(7-12(11)25-15)27(23,24)20-16(21)13-6-10(4)19-26-13/h5-8,15H,1-4H3,(H,18,22)(H,20,21)/t15-/m1/s1. The molecule has 1 aromatic carbocycles. The molecular formula is C17H19N3O6S. The first-order valence-corrected chi connectivity index (χ1v) is 9.69. The first kappa shape index (κ1) is 18.9. The average molecular weight is 393 g/mol. The third-order valence-electron chi connectivity index (χ3n) is 4.02. The van der Waals surface area contributed by atoms with E-state index >= 15 is 0 Å². The number of fused-ring (bicyclic) bond motifs is 1. The van der Waals surface area contributed by atoms with E-state index in [4.69, 9.17) is 9.26 Å². The van der Waals surface area contributed by atoms with Crippen molar-refractivity contribution in [2.75, 3.05) is 5.32 Å². The number of rotatable bonds is 4. The van der Waals surface area contributed by atoms with Crippen LogP contribution in [0.3, 0.4) is 0 Å². The van der Waals surface area contributed by atoms with Gasteiger partial charge in [-0.25, -0.2) is 13.1 Å². The van der Waals surface area contributed by atoms with Crippen LogP contribution >= 0.6 is 0 Å². The van der Waals surface area contributed by atoms with Gasteiger partial charge >= 0.3 is 5.91 Å². The van der Waals surface area contributed by atoms with Crippen LogP contribution in [-0.4, -0.2) is 31.5 Å². The Hall–Kier alpha value is -2.88. The SMILES string of the molecule is Cc1cc(C(=O)NS(=O)(=O)c2cc3c(cc2C)NC(=O)[C@@H](C(C)C)O3)on1. The van der Waals surface area contributed by atoms with Gasteiger partial charge in [-0.1, -0.05) is 19.0 Å². The summed E-state index contributed by atoms with van der Waals surface area (Å²) < 4.78 is 37.7. The van der Waals surface area contributed by atoms with Crippen LogP contribution in [0.15, 0.2) is 27.6 Å². The highest BCUT2D eigenvalue weighted by atomic mass is 32.2. The lowest BCUT2D eigenvalue weighted by Crippen LogP contribution is -2.40. The zero-order valence-electron chi connectivity index (χ0n) is 15.2. The number of hydrogen-bond donors (Lipinski definition) is 2. The number of carbonyl (C=O) groups excluding carboxylic acids is 2. The summed E-state index contributed by atoms with van der Waals surface area (Å²) in [6.45, 7) is 6.80.